The predicted molar refractivity (Wildman–Crippen MR) is 111 cm³/mol. The van der Waals surface area contributed by atoms with Crippen LogP contribution < -0.4 is 9.47 Å². The molecule has 1 aromatic carbocycles. The lowest BCUT2D eigenvalue weighted by Gasteiger charge is -2.38. The Hall–Kier alpha value is -2.23. The standard InChI is InChI=1S/C21H32N6O3/c1-3-4-5-18(21-22-23-24-27(21)12-13-28-2)26-10-8-25(9-11-26)15-17-6-7-19-20(14-17)30-16-29-19/h6-7,14,18H,3-5,8-13,15-16H2,1-2H3/t18-/m0/s1. The third kappa shape index (κ3) is 4.91. The molecule has 4 rings (SSSR count). The van der Waals surface area contributed by atoms with E-state index in [2.05, 4.69) is 44.4 Å². The summed E-state index contributed by atoms with van der Waals surface area (Å²) in [4.78, 5) is 5.04. The Morgan fingerprint density at radius 3 is 2.77 bits per heavy atom. The topological polar surface area (TPSA) is 77.8 Å². The molecule has 0 aliphatic carbocycles. The number of benzene rings is 1. The zero-order valence-electron chi connectivity index (χ0n) is 18.0. The average Bonchev–Trinajstić information content (AvgIpc) is 3.43. The number of piperazine rings is 1. The molecule has 30 heavy (non-hydrogen) atoms. The molecule has 0 saturated carbocycles. The Labute approximate surface area is 177 Å². The number of hydrogen-bond donors (Lipinski definition) is 0. The number of methoxy groups -OCH3 is 1. The van der Waals surface area contributed by atoms with E-state index in [9.17, 15) is 0 Å². The van der Waals surface area contributed by atoms with Crippen LogP contribution in [0.5, 0.6) is 11.5 Å². The van der Waals surface area contributed by atoms with Crippen molar-refractivity contribution in [1.82, 2.24) is 30.0 Å². The molecular formula is C21H32N6O3. The Balaban J connectivity index is 1.37. The maximum absolute atomic E-state index is 5.52. The van der Waals surface area contributed by atoms with Gasteiger partial charge in [-0.2, -0.15) is 0 Å². The zero-order valence-corrected chi connectivity index (χ0v) is 18.0. The Kier molecular flexibility index (Phi) is 7.14. The van der Waals surface area contributed by atoms with Gasteiger partial charge in [0.15, 0.2) is 17.3 Å². The molecule has 2 aliphatic rings. The van der Waals surface area contributed by atoms with Gasteiger partial charge in [0.1, 0.15) is 0 Å². The molecule has 9 nitrogen and oxygen atoms in total. The molecule has 1 fully saturated rings. The molecular weight excluding hydrogens is 384 g/mol. The van der Waals surface area contributed by atoms with Crippen LogP contribution in [0.4, 0.5) is 0 Å². The summed E-state index contributed by atoms with van der Waals surface area (Å²) in [6, 6.07) is 6.50. The summed E-state index contributed by atoms with van der Waals surface area (Å²) in [7, 11) is 1.71. The lowest BCUT2D eigenvalue weighted by atomic mass is 10.1. The van der Waals surface area contributed by atoms with Crippen LogP contribution in [0.2, 0.25) is 0 Å². The number of rotatable bonds is 10. The van der Waals surface area contributed by atoms with Crippen LogP contribution in [0.15, 0.2) is 18.2 Å². The van der Waals surface area contributed by atoms with E-state index < -0.39 is 0 Å². The molecule has 3 heterocycles. The molecule has 0 radical (unpaired) electrons. The Morgan fingerprint density at radius 2 is 1.97 bits per heavy atom. The van der Waals surface area contributed by atoms with Crippen molar-refractivity contribution in [2.75, 3.05) is 46.7 Å². The highest BCUT2D eigenvalue weighted by molar-refractivity contribution is 5.44. The van der Waals surface area contributed by atoms with Gasteiger partial charge in [-0.05, 0) is 34.5 Å². The molecule has 0 spiro atoms. The first-order chi connectivity index (χ1) is 14.8. The minimum absolute atomic E-state index is 0.254. The zero-order chi connectivity index (χ0) is 20.8. The fourth-order valence-corrected chi connectivity index (χ4v) is 4.19. The fourth-order valence-electron chi connectivity index (χ4n) is 4.19. The summed E-state index contributed by atoms with van der Waals surface area (Å²) >= 11 is 0. The number of tetrazole rings is 1. The summed E-state index contributed by atoms with van der Waals surface area (Å²) in [5, 5.41) is 12.5. The van der Waals surface area contributed by atoms with Gasteiger partial charge in [0.05, 0.1) is 19.2 Å². The number of nitrogens with zero attached hydrogens (tertiary/aromatic N) is 6. The normalized spacial score (nSPS) is 18.1. The molecule has 2 aliphatic heterocycles. The van der Waals surface area contributed by atoms with Crippen molar-refractivity contribution in [2.45, 2.75) is 45.3 Å². The summed E-state index contributed by atoms with van der Waals surface area (Å²) in [6.07, 6.45) is 3.41. The van der Waals surface area contributed by atoms with E-state index in [1.807, 2.05) is 10.7 Å². The highest BCUT2D eigenvalue weighted by atomic mass is 16.7. The molecule has 1 atom stereocenters. The maximum Gasteiger partial charge on any atom is 0.231 e. The largest absolute Gasteiger partial charge is 0.454 e. The van der Waals surface area contributed by atoms with Crippen LogP contribution in [0, 0.1) is 0 Å². The van der Waals surface area contributed by atoms with Crippen LogP contribution in [0.3, 0.4) is 0 Å². The Bertz CT molecular complexity index is 806. The number of ether oxygens (including phenoxy) is 3. The molecule has 9 heteroatoms. The van der Waals surface area contributed by atoms with Gasteiger partial charge in [0.2, 0.25) is 6.79 Å². The molecule has 2 aromatic rings. The van der Waals surface area contributed by atoms with Crippen molar-refractivity contribution in [3.05, 3.63) is 29.6 Å². The number of fused-ring (bicyclic) bond motifs is 1. The third-order valence-electron chi connectivity index (χ3n) is 5.89. The summed E-state index contributed by atoms with van der Waals surface area (Å²) in [5.41, 5.74) is 1.26. The minimum Gasteiger partial charge on any atom is -0.454 e. The van der Waals surface area contributed by atoms with Crippen LogP contribution in [-0.2, 0) is 17.8 Å². The second-order valence-electron chi connectivity index (χ2n) is 7.91. The summed E-state index contributed by atoms with van der Waals surface area (Å²) in [6.45, 7) is 8.84. The fraction of sp³-hybridized carbons (Fsp3) is 0.667. The average molecular weight is 417 g/mol. The van der Waals surface area contributed by atoms with E-state index >= 15 is 0 Å². The minimum atomic E-state index is 0.254. The van der Waals surface area contributed by atoms with Crippen LogP contribution in [0.25, 0.3) is 0 Å². The second-order valence-corrected chi connectivity index (χ2v) is 7.91. The monoisotopic (exact) mass is 416 g/mol. The molecule has 164 valence electrons. The van der Waals surface area contributed by atoms with E-state index in [1.165, 1.54) is 18.4 Å². The van der Waals surface area contributed by atoms with Gasteiger partial charge in [0.25, 0.3) is 0 Å². The predicted octanol–water partition coefficient (Wildman–Crippen LogP) is 2.10. The number of aromatic nitrogens is 4. The first-order valence-electron chi connectivity index (χ1n) is 10.9. The molecule has 0 bridgehead atoms. The maximum atomic E-state index is 5.52. The van der Waals surface area contributed by atoms with Gasteiger partial charge in [0, 0.05) is 39.8 Å². The summed E-state index contributed by atoms with van der Waals surface area (Å²) < 4.78 is 18.1. The van der Waals surface area contributed by atoms with E-state index in [0.717, 1.165) is 56.5 Å². The first kappa shape index (κ1) is 21.0. The van der Waals surface area contributed by atoms with E-state index in [1.54, 1.807) is 7.11 Å². The van der Waals surface area contributed by atoms with Crippen LogP contribution in [0.1, 0.15) is 43.6 Å². The van der Waals surface area contributed by atoms with Crippen LogP contribution in [-0.4, -0.2) is 76.7 Å². The summed E-state index contributed by atoms with van der Waals surface area (Å²) in [5.74, 6) is 2.66. The van der Waals surface area contributed by atoms with Crippen molar-refractivity contribution >= 4 is 0 Å². The van der Waals surface area contributed by atoms with Crippen molar-refractivity contribution in [1.29, 1.82) is 0 Å². The van der Waals surface area contributed by atoms with Gasteiger partial charge in [-0.25, -0.2) is 4.68 Å². The Morgan fingerprint density at radius 1 is 1.13 bits per heavy atom. The van der Waals surface area contributed by atoms with Gasteiger partial charge in [-0.3, -0.25) is 9.80 Å². The molecule has 1 aromatic heterocycles. The van der Waals surface area contributed by atoms with Crippen molar-refractivity contribution in [2.24, 2.45) is 0 Å². The number of unbranched alkanes of at least 4 members (excludes halogenated alkanes) is 1. The molecule has 0 N–H and O–H groups in total. The van der Waals surface area contributed by atoms with E-state index in [4.69, 9.17) is 14.2 Å². The van der Waals surface area contributed by atoms with Crippen LogP contribution >= 0.6 is 0 Å². The highest BCUT2D eigenvalue weighted by Crippen LogP contribution is 2.33. The van der Waals surface area contributed by atoms with Gasteiger partial charge < -0.3 is 14.2 Å². The number of hydrogen-bond acceptors (Lipinski definition) is 8. The van der Waals surface area contributed by atoms with Gasteiger partial charge in [-0.15, -0.1) is 5.10 Å². The molecule has 0 unspecified atom stereocenters. The first-order valence-corrected chi connectivity index (χ1v) is 10.9. The van der Waals surface area contributed by atoms with Crippen molar-refractivity contribution in [3.63, 3.8) is 0 Å². The molecule has 0 amide bonds. The van der Waals surface area contributed by atoms with E-state index in [-0.39, 0.29) is 6.04 Å². The third-order valence-corrected chi connectivity index (χ3v) is 5.89. The quantitative estimate of drug-likeness (QED) is 0.583. The van der Waals surface area contributed by atoms with E-state index in [0.29, 0.717) is 19.9 Å². The highest BCUT2D eigenvalue weighted by Gasteiger charge is 2.29. The molecule has 1 saturated heterocycles. The lowest BCUT2D eigenvalue weighted by Crippen LogP contribution is -2.47. The van der Waals surface area contributed by atoms with Gasteiger partial charge >= 0.3 is 0 Å². The second kappa shape index (κ2) is 10.2. The lowest BCUT2D eigenvalue weighted by molar-refractivity contribution is 0.0801. The van der Waals surface area contributed by atoms with Crippen molar-refractivity contribution in [3.8, 4) is 11.5 Å². The SMILES string of the molecule is CCCC[C@@H](c1nnnn1CCOC)N1CCN(Cc2ccc3c(c2)OCO3)CC1. The smallest absolute Gasteiger partial charge is 0.231 e. The van der Waals surface area contributed by atoms with Crippen molar-refractivity contribution < 1.29 is 14.2 Å². The van der Waals surface area contributed by atoms with Gasteiger partial charge in [-0.1, -0.05) is 25.8 Å².